The van der Waals surface area contributed by atoms with Gasteiger partial charge in [-0.2, -0.15) is 0 Å². The summed E-state index contributed by atoms with van der Waals surface area (Å²) < 4.78 is 2.06. The first-order valence-electron chi connectivity index (χ1n) is 8.98. The quantitative estimate of drug-likeness (QED) is 0.487. The fourth-order valence-corrected chi connectivity index (χ4v) is 3.48. The fourth-order valence-electron chi connectivity index (χ4n) is 3.48. The Bertz CT molecular complexity index is 1220. The van der Waals surface area contributed by atoms with E-state index in [1.54, 1.807) is 12.4 Å². The van der Waals surface area contributed by atoms with Gasteiger partial charge < -0.3 is 5.32 Å². The van der Waals surface area contributed by atoms with Crippen LogP contribution in [0, 0.1) is 0 Å². The minimum Gasteiger partial charge on any atom is -0.365 e. The van der Waals surface area contributed by atoms with Crippen molar-refractivity contribution in [2.24, 2.45) is 0 Å². The highest BCUT2D eigenvalue weighted by atomic mass is 15.1. The van der Waals surface area contributed by atoms with Crippen LogP contribution < -0.4 is 5.32 Å². The third-order valence-corrected chi connectivity index (χ3v) is 4.78. The molecule has 5 rings (SSSR count). The van der Waals surface area contributed by atoms with Crippen molar-refractivity contribution in [3.05, 3.63) is 97.0 Å². The smallest absolute Gasteiger partial charge is 0.157 e. The number of imidazole rings is 1. The Balaban J connectivity index is 1.67. The van der Waals surface area contributed by atoms with Gasteiger partial charge in [0.15, 0.2) is 5.65 Å². The molecule has 3 aromatic carbocycles. The molecule has 0 unspecified atom stereocenters. The van der Waals surface area contributed by atoms with E-state index < -0.39 is 0 Å². The second kappa shape index (κ2) is 6.57. The predicted octanol–water partition coefficient (Wildman–Crippen LogP) is 5.16. The van der Waals surface area contributed by atoms with Crippen LogP contribution in [0.3, 0.4) is 0 Å². The van der Waals surface area contributed by atoms with Gasteiger partial charge in [-0.15, -0.1) is 0 Å². The number of fused-ring (bicyclic) bond motifs is 2. The maximum absolute atomic E-state index is 4.88. The van der Waals surface area contributed by atoms with E-state index in [4.69, 9.17) is 4.98 Å². The van der Waals surface area contributed by atoms with Crippen LogP contribution in [0.4, 0.5) is 5.82 Å². The molecule has 5 aromatic rings. The summed E-state index contributed by atoms with van der Waals surface area (Å²) in [6.07, 6.45) is 5.53. The topological polar surface area (TPSA) is 42.2 Å². The second-order valence-corrected chi connectivity index (χ2v) is 6.48. The maximum Gasteiger partial charge on any atom is 0.157 e. The van der Waals surface area contributed by atoms with Crippen molar-refractivity contribution in [2.45, 2.75) is 6.54 Å². The molecule has 0 amide bonds. The molecule has 1 N–H and O–H groups in total. The number of aromatic nitrogens is 3. The Morgan fingerprint density at radius 2 is 1.67 bits per heavy atom. The van der Waals surface area contributed by atoms with Crippen molar-refractivity contribution in [3.63, 3.8) is 0 Å². The van der Waals surface area contributed by atoms with Gasteiger partial charge in [-0.25, -0.2) is 4.98 Å². The summed E-state index contributed by atoms with van der Waals surface area (Å²) in [4.78, 5) is 9.11. The highest BCUT2D eigenvalue weighted by molar-refractivity contribution is 5.98. The highest BCUT2D eigenvalue weighted by Gasteiger charge is 2.16. The van der Waals surface area contributed by atoms with Crippen LogP contribution in [-0.4, -0.2) is 14.4 Å². The molecule has 4 heteroatoms. The van der Waals surface area contributed by atoms with Gasteiger partial charge in [0.05, 0.1) is 6.20 Å². The fraction of sp³-hybridized carbons (Fsp3) is 0.0435. The number of rotatable bonds is 4. The lowest BCUT2D eigenvalue weighted by Gasteiger charge is -2.10. The molecule has 130 valence electrons. The Morgan fingerprint density at radius 3 is 2.59 bits per heavy atom. The predicted molar refractivity (Wildman–Crippen MR) is 110 cm³/mol. The van der Waals surface area contributed by atoms with Gasteiger partial charge in [-0.1, -0.05) is 72.8 Å². The van der Waals surface area contributed by atoms with Gasteiger partial charge >= 0.3 is 0 Å². The molecule has 0 atom stereocenters. The summed E-state index contributed by atoms with van der Waals surface area (Å²) in [5.74, 6) is 0.979. The van der Waals surface area contributed by atoms with Gasteiger partial charge in [-0.05, 0) is 16.3 Å². The minimum absolute atomic E-state index is 0.731. The minimum atomic E-state index is 0.731. The lowest BCUT2D eigenvalue weighted by molar-refractivity contribution is 1.07. The first-order chi connectivity index (χ1) is 13.4. The third-order valence-electron chi connectivity index (χ3n) is 4.78. The summed E-state index contributed by atoms with van der Waals surface area (Å²) in [7, 11) is 0. The number of nitrogens with one attached hydrogen (secondary N) is 1. The average molecular weight is 350 g/mol. The van der Waals surface area contributed by atoms with Crippen molar-refractivity contribution in [1.29, 1.82) is 0 Å². The van der Waals surface area contributed by atoms with Gasteiger partial charge in [0.25, 0.3) is 0 Å². The summed E-state index contributed by atoms with van der Waals surface area (Å²) in [6, 6.07) is 25.1. The summed E-state index contributed by atoms with van der Waals surface area (Å²) in [5.41, 5.74) is 4.12. The Morgan fingerprint density at radius 1 is 0.852 bits per heavy atom. The van der Waals surface area contributed by atoms with Crippen molar-refractivity contribution in [2.75, 3.05) is 5.32 Å². The van der Waals surface area contributed by atoms with E-state index in [0.29, 0.717) is 0 Å². The number of hydrogen-bond acceptors (Lipinski definition) is 3. The van der Waals surface area contributed by atoms with Crippen LogP contribution in [0.5, 0.6) is 0 Å². The lowest BCUT2D eigenvalue weighted by Crippen LogP contribution is -2.03. The molecule has 2 aromatic heterocycles. The molecule has 0 fully saturated rings. The third kappa shape index (κ3) is 2.81. The molecule has 0 spiro atoms. The maximum atomic E-state index is 4.88. The van der Waals surface area contributed by atoms with E-state index in [9.17, 15) is 0 Å². The lowest BCUT2D eigenvalue weighted by atomic mass is 10.0. The molecule has 0 saturated carbocycles. The van der Waals surface area contributed by atoms with Crippen LogP contribution in [0.1, 0.15) is 5.56 Å². The summed E-state index contributed by atoms with van der Waals surface area (Å²) >= 11 is 0. The van der Waals surface area contributed by atoms with Gasteiger partial charge in [0.2, 0.25) is 0 Å². The molecule has 0 aliphatic carbocycles. The van der Waals surface area contributed by atoms with E-state index in [0.717, 1.165) is 29.3 Å². The molecule has 0 aliphatic rings. The van der Waals surface area contributed by atoms with E-state index in [-0.39, 0.29) is 0 Å². The SMILES string of the molecule is c1ccc(CNc2c(-c3cccc4ccccc34)nc3cnccn23)cc1. The van der Waals surface area contributed by atoms with Crippen molar-refractivity contribution >= 4 is 22.2 Å². The molecule has 2 heterocycles. The number of hydrogen-bond donors (Lipinski definition) is 1. The number of anilines is 1. The molecule has 0 radical (unpaired) electrons. The zero-order valence-corrected chi connectivity index (χ0v) is 14.7. The van der Waals surface area contributed by atoms with Crippen molar-refractivity contribution < 1.29 is 0 Å². The average Bonchev–Trinajstić information content (AvgIpc) is 3.11. The monoisotopic (exact) mass is 350 g/mol. The van der Waals surface area contributed by atoms with Crippen LogP contribution in [-0.2, 0) is 6.54 Å². The van der Waals surface area contributed by atoms with Crippen LogP contribution >= 0.6 is 0 Å². The van der Waals surface area contributed by atoms with Crippen molar-refractivity contribution in [1.82, 2.24) is 14.4 Å². The molecule has 27 heavy (non-hydrogen) atoms. The van der Waals surface area contributed by atoms with Gasteiger partial charge in [-0.3, -0.25) is 9.38 Å². The first-order valence-corrected chi connectivity index (χ1v) is 8.98. The summed E-state index contributed by atoms with van der Waals surface area (Å²) in [5, 5.41) is 5.99. The molecular formula is C23H18N4. The Hall–Kier alpha value is -3.66. The Labute approximate surface area is 157 Å². The normalized spacial score (nSPS) is 11.1. The van der Waals surface area contributed by atoms with Gasteiger partial charge in [0, 0.05) is 24.5 Å². The van der Waals surface area contributed by atoms with Crippen LogP contribution in [0.15, 0.2) is 91.4 Å². The highest BCUT2D eigenvalue weighted by Crippen LogP contribution is 2.34. The zero-order valence-electron chi connectivity index (χ0n) is 14.7. The standard InChI is InChI=1S/C23H18N4/c1-2-7-17(8-3-1)15-25-23-22(26-21-16-24-13-14-27(21)23)20-12-6-10-18-9-4-5-11-19(18)20/h1-14,16,25H,15H2. The number of nitrogens with zero attached hydrogens (tertiary/aromatic N) is 3. The second-order valence-electron chi connectivity index (χ2n) is 6.48. The molecule has 0 bridgehead atoms. The zero-order chi connectivity index (χ0) is 18.1. The van der Waals surface area contributed by atoms with Gasteiger partial charge in [0.1, 0.15) is 11.5 Å². The largest absolute Gasteiger partial charge is 0.365 e. The molecular weight excluding hydrogens is 332 g/mol. The molecule has 4 nitrogen and oxygen atoms in total. The Kier molecular flexibility index (Phi) is 3.79. The molecule has 0 saturated heterocycles. The molecule has 0 aliphatic heterocycles. The first kappa shape index (κ1) is 15.6. The van der Waals surface area contributed by atoms with Crippen molar-refractivity contribution in [3.8, 4) is 11.3 Å². The van der Waals surface area contributed by atoms with Crippen LogP contribution in [0.2, 0.25) is 0 Å². The van der Waals surface area contributed by atoms with E-state index in [2.05, 4.69) is 81.4 Å². The van der Waals surface area contributed by atoms with E-state index in [1.165, 1.54) is 16.3 Å². The van der Waals surface area contributed by atoms with E-state index >= 15 is 0 Å². The van der Waals surface area contributed by atoms with E-state index in [1.807, 2.05) is 12.3 Å². The van der Waals surface area contributed by atoms with Crippen LogP contribution in [0.25, 0.3) is 27.7 Å². The summed E-state index contributed by atoms with van der Waals surface area (Å²) in [6.45, 7) is 0.731. The number of benzene rings is 3.